The van der Waals surface area contributed by atoms with Gasteiger partial charge in [-0.1, -0.05) is 0 Å². The molecule has 1 aliphatic heterocycles. The Hall–Kier alpha value is -1.26. The number of nitrogens with one attached hydrogen (secondary N) is 1. The van der Waals surface area contributed by atoms with Crippen molar-refractivity contribution in [3.05, 3.63) is 0 Å². The summed E-state index contributed by atoms with van der Waals surface area (Å²) < 4.78 is 4.81. The fourth-order valence-electron chi connectivity index (χ4n) is 2.11. The van der Waals surface area contributed by atoms with E-state index >= 15 is 0 Å². The van der Waals surface area contributed by atoms with Crippen LogP contribution in [-0.2, 0) is 14.3 Å². The molecule has 0 aliphatic carbocycles. The molecule has 0 aromatic heterocycles. The zero-order chi connectivity index (χ0) is 21.3. The van der Waals surface area contributed by atoms with Gasteiger partial charge in [-0.05, 0) is 0 Å². The van der Waals surface area contributed by atoms with Gasteiger partial charge in [-0.2, -0.15) is 0 Å². The van der Waals surface area contributed by atoms with Gasteiger partial charge in [-0.25, -0.2) is 0 Å². The topological polar surface area (TPSA) is 237 Å². The Morgan fingerprint density at radius 2 is 1.63 bits per heavy atom. The molecule has 1 amide bonds. The maximum Gasteiger partial charge on any atom is 0.217 e. The number of hydrogen-bond acceptors (Lipinski definition) is 12. The van der Waals surface area contributed by atoms with Crippen LogP contribution in [0.15, 0.2) is 0 Å². The molecule has 0 aromatic carbocycles. The molecule has 1 heterocycles. The van der Waals surface area contributed by atoms with E-state index in [0.29, 0.717) is 0 Å². The van der Waals surface area contributed by atoms with Gasteiger partial charge in [-0.3, -0.25) is 4.79 Å². The molecular formula is C14H27NO12. The number of aldehydes is 1. The Morgan fingerprint density at radius 1 is 1.07 bits per heavy atom. The number of hydrogen-bond donors (Lipinski definition) is 10. The van der Waals surface area contributed by atoms with Crippen molar-refractivity contribution in [2.24, 2.45) is 0 Å². The predicted octanol–water partition coefficient (Wildman–Crippen LogP) is -6.46. The van der Waals surface area contributed by atoms with E-state index in [0.717, 1.165) is 0 Å². The number of amides is 1. The fraction of sp³-hybridized carbons (Fsp3) is 0.857. The maximum atomic E-state index is 10.7. The highest BCUT2D eigenvalue weighted by Crippen LogP contribution is 2.19. The lowest BCUT2D eigenvalue weighted by Crippen LogP contribution is -2.63. The monoisotopic (exact) mass is 401 g/mol. The summed E-state index contributed by atoms with van der Waals surface area (Å²) in [6, 6.07) is -1.10. The Kier molecular flexibility index (Phi) is 11.7. The molecule has 27 heavy (non-hydrogen) atoms. The molecule has 5 unspecified atom stereocenters. The Balaban J connectivity index is 0.000000516. The van der Waals surface area contributed by atoms with Crippen LogP contribution >= 0.6 is 0 Å². The summed E-state index contributed by atoms with van der Waals surface area (Å²) in [6.07, 6.45) is -12.1. The standard InChI is InChI=1S/C8H15NO6.C6H12O6/c1-3(11)9-5-7(13)6(12)4(2-10)15-8(5)14;7-1-3(9)5(11)6(12)4(10)2-8/h4-8,10,12-14H,2H2,1H3,(H,9,11);1,3-6,8-12H,2H2/t4-,5-,6+,7-,8?;/m1./s1. The third-order valence-electron chi connectivity index (χ3n) is 3.69. The second-order valence-corrected chi connectivity index (χ2v) is 5.81. The third kappa shape index (κ3) is 7.71. The molecule has 1 fully saturated rings. The van der Waals surface area contributed by atoms with Crippen molar-refractivity contribution in [2.45, 2.75) is 62.0 Å². The highest BCUT2D eigenvalue weighted by molar-refractivity contribution is 5.73. The first-order chi connectivity index (χ1) is 12.5. The summed E-state index contributed by atoms with van der Waals surface area (Å²) in [4.78, 5) is 20.6. The average molecular weight is 401 g/mol. The molecule has 0 bridgehead atoms. The lowest BCUT2D eigenvalue weighted by Gasteiger charge is -2.40. The van der Waals surface area contributed by atoms with Crippen molar-refractivity contribution in [3.8, 4) is 0 Å². The Bertz CT molecular complexity index is 452. The molecule has 1 saturated heterocycles. The summed E-state index contributed by atoms with van der Waals surface area (Å²) in [5.41, 5.74) is 0. The van der Waals surface area contributed by atoms with E-state index in [9.17, 15) is 24.9 Å². The minimum absolute atomic E-state index is 0.0258. The van der Waals surface area contributed by atoms with E-state index in [4.69, 9.17) is 35.4 Å². The molecule has 13 nitrogen and oxygen atoms in total. The summed E-state index contributed by atoms with van der Waals surface area (Å²) >= 11 is 0. The molecule has 9 atom stereocenters. The molecule has 0 aromatic rings. The zero-order valence-corrected chi connectivity index (χ0v) is 14.4. The highest BCUT2D eigenvalue weighted by Gasteiger charge is 2.43. The van der Waals surface area contributed by atoms with Crippen LogP contribution in [0.1, 0.15) is 6.92 Å². The maximum absolute atomic E-state index is 10.7. The smallest absolute Gasteiger partial charge is 0.217 e. The molecule has 10 N–H and O–H groups in total. The molecule has 160 valence electrons. The van der Waals surface area contributed by atoms with E-state index in [2.05, 4.69) is 5.32 Å². The van der Waals surface area contributed by atoms with Crippen molar-refractivity contribution < 1.29 is 60.3 Å². The Labute approximate surface area is 154 Å². The third-order valence-corrected chi connectivity index (χ3v) is 3.69. The van der Waals surface area contributed by atoms with Crippen LogP contribution in [-0.4, -0.2) is 126 Å². The minimum atomic E-state index is -1.79. The van der Waals surface area contributed by atoms with Crippen molar-refractivity contribution >= 4 is 12.2 Å². The summed E-state index contributed by atoms with van der Waals surface area (Å²) in [5, 5.41) is 82.9. The van der Waals surface area contributed by atoms with Crippen LogP contribution < -0.4 is 5.32 Å². The molecule has 13 heteroatoms. The first kappa shape index (κ1) is 25.7. The summed E-state index contributed by atoms with van der Waals surface area (Å²) in [6.45, 7) is -0.0736. The van der Waals surface area contributed by atoms with Crippen molar-refractivity contribution in [1.29, 1.82) is 0 Å². The molecule has 0 saturated carbocycles. The fourth-order valence-corrected chi connectivity index (χ4v) is 2.11. The van der Waals surface area contributed by atoms with Gasteiger partial charge in [-0.15, -0.1) is 0 Å². The van der Waals surface area contributed by atoms with Gasteiger partial charge in [0.2, 0.25) is 5.91 Å². The van der Waals surface area contributed by atoms with Crippen molar-refractivity contribution in [3.63, 3.8) is 0 Å². The van der Waals surface area contributed by atoms with Crippen LogP contribution in [0, 0.1) is 0 Å². The van der Waals surface area contributed by atoms with Crippen LogP contribution in [0.5, 0.6) is 0 Å². The van der Waals surface area contributed by atoms with Gasteiger partial charge < -0.3 is 60.8 Å². The number of carbonyl (C=O) groups excluding carboxylic acids is 2. The number of aliphatic hydroxyl groups is 9. The normalized spacial score (nSPS) is 32.3. The summed E-state index contributed by atoms with van der Waals surface area (Å²) in [5.74, 6) is -0.462. The second-order valence-electron chi connectivity index (χ2n) is 5.81. The van der Waals surface area contributed by atoms with Crippen LogP contribution in [0.3, 0.4) is 0 Å². The van der Waals surface area contributed by atoms with Gasteiger partial charge in [0.05, 0.1) is 13.2 Å². The molecule has 0 radical (unpaired) electrons. The SMILES string of the molecule is CC(=O)N[C@H]1C(O)O[C@H](CO)[C@H](O)[C@@H]1O.O=CC(O)C(O)C(O)C(O)CO. The number of rotatable bonds is 7. The molecular weight excluding hydrogens is 374 g/mol. The van der Waals surface area contributed by atoms with E-state index < -0.39 is 74.2 Å². The first-order valence-corrected chi connectivity index (χ1v) is 7.87. The van der Waals surface area contributed by atoms with Crippen LogP contribution in [0.2, 0.25) is 0 Å². The van der Waals surface area contributed by atoms with Gasteiger partial charge in [0, 0.05) is 6.92 Å². The largest absolute Gasteiger partial charge is 0.394 e. The molecule has 1 rings (SSSR count). The molecule has 0 spiro atoms. The van der Waals surface area contributed by atoms with Crippen LogP contribution in [0.4, 0.5) is 0 Å². The second kappa shape index (κ2) is 12.2. The minimum Gasteiger partial charge on any atom is -0.394 e. The lowest BCUT2D eigenvalue weighted by atomic mass is 9.97. The van der Waals surface area contributed by atoms with Crippen molar-refractivity contribution in [1.82, 2.24) is 5.32 Å². The van der Waals surface area contributed by atoms with Gasteiger partial charge >= 0.3 is 0 Å². The number of aliphatic hydroxyl groups excluding tert-OH is 9. The summed E-state index contributed by atoms with van der Waals surface area (Å²) in [7, 11) is 0. The van der Waals surface area contributed by atoms with Gasteiger partial charge in [0.15, 0.2) is 12.6 Å². The van der Waals surface area contributed by atoms with E-state index in [1.165, 1.54) is 6.92 Å². The van der Waals surface area contributed by atoms with E-state index in [-0.39, 0.29) is 6.29 Å². The Morgan fingerprint density at radius 3 is 2.04 bits per heavy atom. The van der Waals surface area contributed by atoms with E-state index in [1.807, 2.05) is 0 Å². The van der Waals surface area contributed by atoms with Crippen molar-refractivity contribution in [2.75, 3.05) is 13.2 Å². The number of ether oxygens (including phenoxy) is 1. The van der Waals surface area contributed by atoms with Gasteiger partial charge in [0.1, 0.15) is 48.8 Å². The quantitative estimate of drug-likeness (QED) is 0.179. The highest BCUT2D eigenvalue weighted by atomic mass is 16.6. The lowest BCUT2D eigenvalue weighted by molar-refractivity contribution is -0.253. The van der Waals surface area contributed by atoms with E-state index in [1.54, 1.807) is 0 Å². The zero-order valence-electron chi connectivity index (χ0n) is 14.4. The predicted molar refractivity (Wildman–Crippen MR) is 84.8 cm³/mol. The van der Waals surface area contributed by atoms with Gasteiger partial charge in [0.25, 0.3) is 0 Å². The average Bonchev–Trinajstić information content (AvgIpc) is 2.65. The number of carbonyl (C=O) groups is 2. The van der Waals surface area contributed by atoms with Crippen LogP contribution in [0.25, 0.3) is 0 Å². The molecule has 1 aliphatic rings. The first-order valence-electron chi connectivity index (χ1n) is 7.87.